The molecule has 1 aliphatic heterocycles. The highest BCUT2D eigenvalue weighted by Crippen LogP contribution is 2.37. The van der Waals surface area contributed by atoms with Crippen molar-refractivity contribution in [3.63, 3.8) is 0 Å². The lowest BCUT2D eigenvalue weighted by atomic mass is 10.1. The molecule has 5 rings (SSSR count). The quantitative estimate of drug-likeness (QED) is 0.417. The van der Waals surface area contributed by atoms with E-state index < -0.39 is 10.0 Å². The zero-order valence-corrected chi connectivity index (χ0v) is 19.9. The van der Waals surface area contributed by atoms with Crippen LogP contribution in [0.1, 0.15) is 11.1 Å². The molecule has 0 saturated carbocycles. The van der Waals surface area contributed by atoms with Gasteiger partial charge >= 0.3 is 0 Å². The van der Waals surface area contributed by atoms with Gasteiger partial charge in [0.1, 0.15) is 5.75 Å². The SMILES string of the molecule is Cc1ccc(S(=O)(=O)Nc2nc(-c3ccc4c(c3)N(Cc3ccccc3)C(=O)CO4)cs2)cc1. The lowest BCUT2D eigenvalue weighted by molar-refractivity contribution is -0.121. The standard InChI is InChI=1S/C25H21N3O4S2/c1-17-7-10-20(11-8-17)34(30,31)27-25-26-21(16-33-25)19-9-12-23-22(13-19)28(24(29)15-32-23)14-18-5-3-2-4-6-18/h2-13,16H,14-15H2,1H3,(H,26,27). The number of nitrogens with zero attached hydrogens (tertiary/aromatic N) is 2. The van der Waals surface area contributed by atoms with Crippen molar-refractivity contribution >= 4 is 38.1 Å². The Morgan fingerprint density at radius 3 is 2.59 bits per heavy atom. The van der Waals surface area contributed by atoms with E-state index in [2.05, 4.69) is 9.71 Å². The Morgan fingerprint density at radius 2 is 1.82 bits per heavy atom. The normalized spacial score (nSPS) is 13.3. The van der Waals surface area contributed by atoms with Crippen LogP contribution in [0.3, 0.4) is 0 Å². The number of nitrogens with one attached hydrogen (secondary N) is 1. The van der Waals surface area contributed by atoms with Gasteiger partial charge in [0.2, 0.25) is 0 Å². The number of rotatable bonds is 6. The number of hydrogen-bond acceptors (Lipinski definition) is 6. The summed E-state index contributed by atoms with van der Waals surface area (Å²) in [6.45, 7) is 2.31. The number of ether oxygens (including phenoxy) is 1. The lowest BCUT2D eigenvalue weighted by Gasteiger charge is -2.29. The van der Waals surface area contributed by atoms with Gasteiger partial charge < -0.3 is 9.64 Å². The first-order valence-electron chi connectivity index (χ1n) is 10.6. The molecule has 1 aliphatic rings. The molecule has 3 aromatic carbocycles. The van der Waals surface area contributed by atoms with Gasteiger partial charge in [-0.05, 0) is 42.8 Å². The van der Waals surface area contributed by atoms with E-state index in [0.717, 1.165) is 16.7 Å². The summed E-state index contributed by atoms with van der Waals surface area (Å²) in [5, 5.41) is 2.05. The van der Waals surface area contributed by atoms with Crippen LogP contribution in [-0.4, -0.2) is 25.9 Å². The van der Waals surface area contributed by atoms with E-state index in [9.17, 15) is 13.2 Å². The third-order valence-corrected chi connectivity index (χ3v) is 7.68. The number of benzene rings is 3. The van der Waals surface area contributed by atoms with Crippen molar-refractivity contribution in [3.05, 3.63) is 89.3 Å². The maximum Gasteiger partial charge on any atom is 0.265 e. The fraction of sp³-hybridized carbons (Fsp3) is 0.120. The second-order valence-corrected chi connectivity index (χ2v) is 10.4. The zero-order valence-electron chi connectivity index (χ0n) is 18.3. The number of fused-ring (bicyclic) bond motifs is 1. The third kappa shape index (κ3) is 4.52. The minimum atomic E-state index is -3.74. The summed E-state index contributed by atoms with van der Waals surface area (Å²) >= 11 is 1.20. The molecule has 9 heteroatoms. The van der Waals surface area contributed by atoms with E-state index in [-0.39, 0.29) is 22.5 Å². The summed E-state index contributed by atoms with van der Waals surface area (Å²) < 4.78 is 33.6. The smallest absolute Gasteiger partial charge is 0.265 e. The van der Waals surface area contributed by atoms with E-state index in [0.29, 0.717) is 23.7 Å². The number of thiazole rings is 1. The van der Waals surface area contributed by atoms with Crippen molar-refractivity contribution in [1.82, 2.24) is 4.98 Å². The molecule has 0 unspecified atom stereocenters. The molecule has 34 heavy (non-hydrogen) atoms. The Kier molecular flexibility index (Phi) is 5.80. The van der Waals surface area contributed by atoms with Crippen molar-refractivity contribution in [2.24, 2.45) is 0 Å². The average molecular weight is 492 g/mol. The highest BCUT2D eigenvalue weighted by Gasteiger charge is 2.26. The Hall–Kier alpha value is -3.69. The van der Waals surface area contributed by atoms with Gasteiger partial charge in [0.05, 0.1) is 22.8 Å². The summed E-state index contributed by atoms with van der Waals surface area (Å²) in [6.07, 6.45) is 0. The van der Waals surface area contributed by atoms with Gasteiger partial charge in [0, 0.05) is 10.9 Å². The van der Waals surface area contributed by atoms with Crippen molar-refractivity contribution < 1.29 is 17.9 Å². The van der Waals surface area contributed by atoms with Gasteiger partial charge in [-0.25, -0.2) is 13.4 Å². The molecule has 0 aliphatic carbocycles. The van der Waals surface area contributed by atoms with Crippen LogP contribution in [0.15, 0.2) is 83.1 Å². The first-order chi connectivity index (χ1) is 16.4. The topological polar surface area (TPSA) is 88.6 Å². The van der Waals surface area contributed by atoms with Crippen LogP contribution >= 0.6 is 11.3 Å². The Bertz CT molecular complexity index is 1450. The Labute approximate surface area is 201 Å². The van der Waals surface area contributed by atoms with E-state index >= 15 is 0 Å². The van der Waals surface area contributed by atoms with Gasteiger partial charge in [-0.3, -0.25) is 9.52 Å². The molecule has 1 amide bonds. The van der Waals surface area contributed by atoms with E-state index in [1.54, 1.807) is 34.5 Å². The number of amides is 1. The maximum atomic E-state index is 12.7. The average Bonchev–Trinajstić information content (AvgIpc) is 3.29. The van der Waals surface area contributed by atoms with E-state index in [4.69, 9.17) is 4.74 Å². The van der Waals surface area contributed by atoms with Crippen LogP contribution in [0, 0.1) is 6.92 Å². The lowest BCUT2D eigenvalue weighted by Crippen LogP contribution is -2.38. The maximum absolute atomic E-state index is 12.7. The van der Waals surface area contributed by atoms with Crippen LogP contribution in [-0.2, 0) is 21.4 Å². The van der Waals surface area contributed by atoms with Gasteiger partial charge in [0.15, 0.2) is 11.7 Å². The van der Waals surface area contributed by atoms with Gasteiger partial charge in [0.25, 0.3) is 15.9 Å². The number of carbonyl (C=O) groups is 1. The molecule has 1 N–H and O–H groups in total. The highest BCUT2D eigenvalue weighted by atomic mass is 32.2. The van der Waals surface area contributed by atoms with E-state index in [1.807, 2.05) is 55.5 Å². The number of aryl methyl sites for hydroxylation is 1. The molecule has 0 radical (unpaired) electrons. The monoisotopic (exact) mass is 491 g/mol. The summed E-state index contributed by atoms with van der Waals surface area (Å²) in [7, 11) is -3.74. The second-order valence-electron chi connectivity index (χ2n) is 7.89. The summed E-state index contributed by atoms with van der Waals surface area (Å²) in [6, 6.07) is 21.9. The molecule has 7 nitrogen and oxygen atoms in total. The molecule has 0 saturated heterocycles. The molecule has 0 fully saturated rings. The number of anilines is 2. The molecule has 0 spiro atoms. The molecular weight excluding hydrogens is 470 g/mol. The first kappa shape index (κ1) is 22.1. The predicted molar refractivity (Wildman–Crippen MR) is 133 cm³/mol. The second kappa shape index (κ2) is 8.92. The van der Waals surface area contributed by atoms with Gasteiger partial charge in [-0.15, -0.1) is 11.3 Å². The van der Waals surface area contributed by atoms with Crippen molar-refractivity contribution in [1.29, 1.82) is 0 Å². The predicted octanol–water partition coefficient (Wildman–Crippen LogP) is 4.84. The molecule has 1 aromatic heterocycles. The highest BCUT2D eigenvalue weighted by molar-refractivity contribution is 7.93. The first-order valence-corrected chi connectivity index (χ1v) is 12.9. The van der Waals surface area contributed by atoms with Gasteiger partial charge in [-0.1, -0.05) is 48.0 Å². The van der Waals surface area contributed by atoms with E-state index in [1.165, 1.54) is 11.3 Å². The Balaban J connectivity index is 1.41. The van der Waals surface area contributed by atoms with Crippen molar-refractivity contribution in [2.75, 3.05) is 16.2 Å². The fourth-order valence-corrected chi connectivity index (χ4v) is 5.62. The largest absolute Gasteiger partial charge is 0.482 e. The molecule has 0 bridgehead atoms. The van der Waals surface area contributed by atoms with Crippen LogP contribution in [0.25, 0.3) is 11.3 Å². The van der Waals surface area contributed by atoms with Crippen LogP contribution in [0.2, 0.25) is 0 Å². The van der Waals surface area contributed by atoms with Crippen molar-refractivity contribution in [3.8, 4) is 17.0 Å². The third-order valence-electron chi connectivity index (χ3n) is 5.44. The molecular formula is C25H21N3O4S2. The zero-order chi connectivity index (χ0) is 23.7. The summed E-state index contributed by atoms with van der Waals surface area (Å²) in [4.78, 5) is 19.0. The number of sulfonamides is 1. The van der Waals surface area contributed by atoms with Crippen LogP contribution < -0.4 is 14.4 Å². The minimum absolute atomic E-state index is 0.0131. The molecule has 4 aromatic rings. The number of aromatic nitrogens is 1. The molecule has 2 heterocycles. The molecule has 172 valence electrons. The number of carbonyl (C=O) groups excluding carboxylic acids is 1. The molecule has 0 atom stereocenters. The number of hydrogen-bond donors (Lipinski definition) is 1. The van der Waals surface area contributed by atoms with Crippen molar-refractivity contribution in [2.45, 2.75) is 18.4 Å². The minimum Gasteiger partial charge on any atom is -0.482 e. The fourth-order valence-electron chi connectivity index (χ4n) is 3.65. The summed E-state index contributed by atoms with van der Waals surface area (Å²) in [5.74, 6) is 0.494. The summed E-state index contributed by atoms with van der Waals surface area (Å²) in [5.41, 5.74) is 4.01. The van der Waals surface area contributed by atoms with Gasteiger partial charge in [-0.2, -0.15) is 0 Å². The van der Waals surface area contributed by atoms with Crippen LogP contribution in [0.5, 0.6) is 5.75 Å². The van der Waals surface area contributed by atoms with Crippen LogP contribution in [0.4, 0.5) is 10.8 Å². The Morgan fingerprint density at radius 1 is 1.06 bits per heavy atom.